The van der Waals surface area contributed by atoms with Gasteiger partial charge in [0.1, 0.15) is 0 Å². The summed E-state index contributed by atoms with van der Waals surface area (Å²) in [5, 5.41) is 6.24. The van der Waals surface area contributed by atoms with Crippen LogP contribution in [0, 0.1) is 5.41 Å². The summed E-state index contributed by atoms with van der Waals surface area (Å²) in [4.78, 5) is 0. The van der Waals surface area contributed by atoms with Crippen molar-refractivity contribution in [3.8, 4) is 0 Å². The number of halogens is 3. The van der Waals surface area contributed by atoms with Crippen LogP contribution >= 0.6 is 0 Å². The van der Waals surface area contributed by atoms with Crippen LogP contribution in [0.4, 0.5) is 13.2 Å². The van der Waals surface area contributed by atoms with Crippen LogP contribution in [0.3, 0.4) is 0 Å². The van der Waals surface area contributed by atoms with Gasteiger partial charge >= 0.3 is 17.2 Å². The van der Waals surface area contributed by atoms with Crippen molar-refractivity contribution in [1.82, 2.24) is 0 Å². The van der Waals surface area contributed by atoms with Gasteiger partial charge in [-0.2, -0.15) is 21.6 Å². The van der Waals surface area contributed by atoms with E-state index in [-0.39, 0.29) is 0 Å². The van der Waals surface area contributed by atoms with E-state index in [1.54, 1.807) is 0 Å². The Morgan fingerprint density at radius 1 is 1.45 bits per heavy atom. The van der Waals surface area contributed by atoms with Crippen molar-refractivity contribution in [3.63, 3.8) is 0 Å². The smallest absolute Gasteiger partial charge is 0.367 e. The molecule has 3 N–H and O–H groups in total. The van der Waals surface area contributed by atoms with E-state index in [1.807, 2.05) is 0 Å². The molecule has 0 unspecified atom stereocenters. The lowest BCUT2D eigenvalue weighted by molar-refractivity contribution is 0.00819. The third-order valence-electron chi connectivity index (χ3n) is 0.173. The SMILES string of the molecule is FC(F)F.N=C(N)N=S(=O)=O. The summed E-state index contributed by atoms with van der Waals surface area (Å²) in [5.41, 5.74) is 4.52. The van der Waals surface area contributed by atoms with Gasteiger partial charge in [0.25, 0.3) is 0 Å². The summed E-state index contributed by atoms with van der Waals surface area (Å²) in [6, 6.07) is 0. The predicted octanol–water partition coefficient (Wildman–Crippen LogP) is 0.121. The number of nitrogens with two attached hydrogens (primary N) is 1. The molecule has 9 heteroatoms. The van der Waals surface area contributed by atoms with Gasteiger partial charge in [-0.1, -0.05) is 4.36 Å². The molecule has 0 saturated heterocycles. The molecular formula is C2H4F3N3O2S. The molecule has 0 amide bonds. The summed E-state index contributed by atoms with van der Waals surface area (Å²) in [5.74, 6) is -0.701. The van der Waals surface area contributed by atoms with Gasteiger partial charge < -0.3 is 5.73 Å². The van der Waals surface area contributed by atoms with Crippen LogP contribution in [0.1, 0.15) is 0 Å². The van der Waals surface area contributed by atoms with Gasteiger partial charge in [0, 0.05) is 0 Å². The van der Waals surface area contributed by atoms with E-state index in [4.69, 9.17) is 5.41 Å². The zero-order valence-electron chi connectivity index (χ0n) is 4.96. The van der Waals surface area contributed by atoms with Crippen LogP contribution in [0.5, 0.6) is 0 Å². The highest BCUT2D eigenvalue weighted by atomic mass is 32.2. The van der Waals surface area contributed by atoms with Crippen molar-refractivity contribution in [2.24, 2.45) is 10.1 Å². The maximum absolute atomic E-state index is 9.67. The maximum atomic E-state index is 9.67. The van der Waals surface area contributed by atoms with Gasteiger partial charge in [-0.3, -0.25) is 5.41 Å². The largest absolute Gasteiger partial charge is 0.379 e. The van der Waals surface area contributed by atoms with Crippen LogP contribution in [-0.4, -0.2) is 21.1 Å². The maximum Gasteiger partial charge on any atom is 0.379 e. The molecule has 0 aromatic heterocycles. The lowest BCUT2D eigenvalue weighted by Crippen LogP contribution is -2.03. The molecule has 0 spiro atoms. The van der Waals surface area contributed by atoms with E-state index in [2.05, 4.69) is 10.1 Å². The Bertz CT molecular complexity index is 224. The zero-order valence-corrected chi connectivity index (χ0v) is 5.78. The first-order valence-electron chi connectivity index (χ1n) is 1.93. The molecule has 0 heterocycles. The third-order valence-corrected chi connectivity index (χ3v) is 0.519. The molecule has 0 radical (unpaired) electrons. The summed E-state index contributed by atoms with van der Waals surface area (Å²) in [6.07, 6.45) is 0. The van der Waals surface area contributed by atoms with E-state index in [1.165, 1.54) is 0 Å². The molecule has 0 aliphatic rings. The molecular weight excluding hydrogens is 187 g/mol. The minimum Gasteiger partial charge on any atom is -0.367 e. The molecule has 11 heavy (non-hydrogen) atoms. The van der Waals surface area contributed by atoms with E-state index in [0.29, 0.717) is 0 Å². The fourth-order valence-electron chi connectivity index (χ4n) is 0.0803. The van der Waals surface area contributed by atoms with Crippen LogP contribution in [-0.2, 0) is 10.5 Å². The quantitative estimate of drug-likeness (QED) is 0.420. The zero-order chi connectivity index (χ0) is 9.44. The van der Waals surface area contributed by atoms with Crippen LogP contribution in [0.2, 0.25) is 0 Å². The van der Waals surface area contributed by atoms with Gasteiger partial charge in [0.05, 0.1) is 0 Å². The highest BCUT2D eigenvalue weighted by Crippen LogP contribution is 1.87. The average molecular weight is 191 g/mol. The number of nitrogens with one attached hydrogen (secondary N) is 1. The lowest BCUT2D eigenvalue weighted by atomic mass is 11.1. The number of rotatable bonds is 0. The van der Waals surface area contributed by atoms with E-state index < -0.39 is 23.1 Å². The predicted molar refractivity (Wildman–Crippen MR) is 30.4 cm³/mol. The second-order valence-electron chi connectivity index (χ2n) is 0.941. The van der Waals surface area contributed by atoms with Gasteiger partial charge in [0.2, 0.25) is 5.96 Å². The lowest BCUT2D eigenvalue weighted by Gasteiger charge is -1.69. The molecule has 5 nitrogen and oxygen atoms in total. The molecule has 0 aliphatic carbocycles. The van der Waals surface area contributed by atoms with Crippen LogP contribution in [0.15, 0.2) is 4.36 Å². The topological polar surface area (TPSA) is 96.4 Å². The summed E-state index contributed by atoms with van der Waals surface area (Å²) >= 11 is 0. The summed E-state index contributed by atoms with van der Waals surface area (Å²) in [7, 11) is -2.57. The highest BCUT2D eigenvalue weighted by Gasteiger charge is 1.86. The van der Waals surface area contributed by atoms with E-state index >= 15 is 0 Å². The Morgan fingerprint density at radius 2 is 1.73 bits per heavy atom. The number of hydrogen-bond acceptors (Lipinski definition) is 3. The molecule has 0 bridgehead atoms. The van der Waals surface area contributed by atoms with E-state index in [9.17, 15) is 21.6 Å². The van der Waals surface area contributed by atoms with Crippen molar-refractivity contribution >= 4 is 16.5 Å². The molecule has 0 saturated carbocycles. The summed E-state index contributed by atoms with van der Waals surface area (Å²) in [6.45, 7) is -3.67. The number of alkyl halides is 3. The summed E-state index contributed by atoms with van der Waals surface area (Å²) < 4.78 is 50.4. The monoisotopic (exact) mass is 191 g/mol. The Hall–Kier alpha value is -1.12. The Morgan fingerprint density at radius 3 is 1.73 bits per heavy atom. The van der Waals surface area contributed by atoms with Crippen molar-refractivity contribution in [1.29, 1.82) is 5.41 Å². The standard InChI is InChI=1S/CHF3.CH3N3O2S/c2-1(3)4;2-1(3)4-7(5)6/h1H;(H3,2,3). The molecule has 0 fully saturated rings. The molecule has 0 aromatic carbocycles. The van der Waals surface area contributed by atoms with Gasteiger partial charge in [-0.25, -0.2) is 0 Å². The Kier molecular flexibility index (Phi) is 7.98. The molecule has 0 aromatic rings. The van der Waals surface area contributed by atoms with Crippen LogP contribution < -0.4 is 5.73 Å². The first-order valence-corrected chi connectivity index (χ1v) is 2.96. The van der Waals surface area contributed by atoms with Crippen molar-refractivity contribution < 1.29 is 21.6 Å². The van der Waals surface area contributed by atoms with E-state index in [0.717, 1.165) is 0 Å². The van der Waals surface area contributed by atoms with Gasteiger partial charge in [0.15, 0.2) is 0 Å². The average Bonchev–Trinajstić information content (AvgIpc) is 1.56. The number of guanidine groups is 1. The minimum atomic E-state index is -3.67. The molecule has 66 valence electrons. The number of hydrogen-bond donors (Lipinski definition) is 2. The number of nitrogens with zero attached hydrogens (tertiary/aromatic N) is 1. The van der Waals surface area contributed by atoms with Crippen molar-refractivity contribution in [2.75, 3.05) is 0 Å². The molecule has 0 rings (SSSR count). The fraction of sp³-hybridized carbons (Fsp3) is 0.500. The van der Waals surface area contributed by atoms with Gasteiger partial charge in [-0.05, 0) is 0 Å². The normalized spacial score (nSPS) is 8.00. The highest BCUT2D eigenvalue weighted by molar-refractivity contribution is 7.62. The second-order valence-corrected chi connectivity index (χ2v) is 1.56. The molecule has 0 atom stereocenters. The third kappa shape index (κ3) is 50.7. The minimum absolute atomic E-state index is 0.701. The van der Waals surface area contributed by atoms with Crippen LogP contribution in [0.25, 0.3) is 0 Å². The first-order chi connectivity index (χ1) is 4.86. The first kappa shape index (κ1) is 12.5. The second kappa shape index (κ2) is 6.99. The Balaban J connectivity index is 0. The van der Waals surface area contributed by atoms with Crippen molar-refractivity contribution in [3.05, 3.63) is 0 Å². The van der Waals surface area contributed by atoms with Gasteiger partial charge in [-0.15, -0.1) is 0 Å². The fourth-order valence-corrected chi connectivity index (χ4v) is 0.241. The molecule has 0 aliphatic heterocycles. The Labute approximate surface area is 61.2 Å². The van der Waals surface area contributed by atoms with Crippen molar-refractivity contribution in [2.45, 2.75) is 6.68 Å².